The number of aromatic nitrogens is 1. The molecule has 0 aromatic carbocycles. The van der Waals surface area contributed by atoms with Gasteiger partial charge in [-0.25, -0.2) is 4.79 Å². The van der Waals surface area contributed by atoms with Crippen molar-refractivity contribution in [1.82, 2.24) is 9.88 Å². The molecule has 4 heteroatoms. The Morgan fingerprint density at radius 3 is 2.67 bits per heavy atom. The first-order chi connectivity index (χ1) is 7.16. The van der Waals surface area contributed by atoms with Crippen LogP contribution in [0.3, 0.4) is 0 Å². The Bertz CT molecular complexity index is 314. The zero-order valence-electron chi connectivity index (χ0n) is 9.30. The molecule has 82 valence electrons. The van der Waals surface area contributed by atoms with E-state index in [1.54, 1.807) is 31.3 Å². The van der Waals surface area contributed by atoms with E-state index in [2.05, 4.69) is 4.98 Å². The molecular formula is C11H16N2O2. The molecule has 0 saturated heterocycles. The smallest absolute Gasteiger partial charge is 0.409 e. The van der Waals surface area contributed by atoms with Gasteiger partial charge in [0, 0.05) is 19.4 Å². The second-order valence-corrected chi connectivity index (χ2v) is 3.27. The van der Waals surface area contributed by atoms with Gasteiger partial charge in [-0.05, 0) is 31.5 Å². The van der Waals surface area contributed by atoms with Gasteiger partial charge in [0.1, 0.15) is 0 Å². The summed E-state index contributed by atoms with van der Waals surface area (Å²) in [6.45, 7) is 4.14. The molecule has 1 aromatic rings. The third kappa shape index (κ3) is 2.94. The molecular weight excluding hydrogens is 192 g/mol. The predicted octanol–water partition coefficient (Wildman–Crippen LogP) is 2.23. The van der Waals surface area contributed by atoms with E-state index in [9.17, 15) is 4.79 Å². The minimum Gasteiger partial charge on any atom is -0.450 e. The summed E-state index contributed by atoms with van der Waals surface area (Å²) in [4.78, 5) is 16.9. The van der Waals surface area contributed by atoms with Gasteiger partial charge in [0.05, 0.1) is 12.6 Å². The van der Waals surface area contributed by atoms with Crippen LogP contribution >= 0.6 is 0 Å². The van der Waals surface area contributed by atoms with Crippen LogP contribution in [0.5, 0.6) is 0 Å². The van der Waals surface area contributed by atoms with Gasteiger partial charge in [-0.2, -0.15) is 0 Å². The first kappa shape index (κ1) is 11.5. The molecule has 0 fully saturated rings. The van der Waals surface area contributed by atoms with Gasteiger partial charge in [0.25, 0.3) is 0 Å². The van der Waals surface area contributed by atoms with E-state index in [1.807, 2.05) is 19.1 Å². The van der Waals surface area contributed by atoms with Crippen molar-refractivity contribution in [1.29, 1.82) is 0 Å². The molecule has 1 aromatic heterocycles. The normalized spacial score (nSPS) is 11.9. The van der Waals surface area contributed by atoms with Gasteiger partial charge in [-0.1, -0.05) is 0 Å². The van der Waals surface area contributed by atoms with E-state index in [0.29, 0.717) is 6.61 Å². The van der Waals surface area contributed by atoms with Crippen molar-refractivity contribution < 1.29 is 9.53 Å². The van der Waals surface area contributed by atoms with E-state index in [0.717, 1.165) is 5.56 Å². The van der Waals surface area contributed by atoms with Gasteiger partial charge >= 0.3 is 6.09 Å². The molecule has 0 saturated carbocycles. The van der Waals surface area contributed by atoms with Crippen LogP contribution in [0.25, 0.3) is 0 Å². The fourth-order valence-electron chi connectivity index (χ4n) is 1.25. The van der Waals surface area contributed by atoms with Crippen LogP contribution in [0.15, 0.2) is 24.5 Å². The number of ether oxygens (including phenoxy) is 1. The highest BCUT2D eigenvalue weighted by molar-refractivity contribution is 5.67. The van der Waals surface area contributed by atoms with Crippen molar-refractivity contribution in [3.8, 4) is 0 Å². The molecule has 1 rings (SSSR count). The van der Waals surface area contributed by atoms with Crippen LogP contribution in [0.4, 0.5) is 4.79 Å². The lowest BCUT2D eigenvalue weighted by atomic mass is 10.1. The summed E-state index contributed by atoms with van der Waals surface area (Å²) in [6.07, 6.45) is 3.12. The van der Waals surface area contributed by atoms with E-state index in [4.69, 9.17) is 4.74 Å². The molecule has 0 radical (unpaired) electrons. The Balaban J connectivity index is 2.68. The van der Waals surface area contributed by atoms with Crippen molar-refractivity contribution in [2.45, 2.75) is 19.9 Å². The number of hydrogen-bond acceptors (Lipinski definition) is 3. The molecule has 4 nitrogen and oxygen atoms in total. The average molecular weight is 208 g/mol. The topological polar surface area (TPSA) is 42.4 Å². The Morgan fingerprint density at radius 2 is 2.13 bits per heavy atom. The predicted molar refractivity (Wildman–Crippen MR) is 57.4 cm³/mol. The largest absolute Gasteiger partial charge is 0.450 e. The van der Waals surface area contributed by atoms with Crippen molar-refractivity contribution in [3.05, 3.63) is 30.1 Å². The maximum Gasteiger partial charge on any atom is 0.409 e. The van der Waals surface area contributed by atoms with Crippen molar-refractivity contribution in [2.24, 2.45) is 0 Å². The molecule has 0 spiro atoms. The number of carbonyl (C=O) groups excluding carboxylic acids is 1. The fraction of sp³-hybridized carbons (Fsp3) is 0.455. The molecule has 1 atom stereocenters. The molecule has 1 unspecified atom stereocenters. The number of pyridine rings is 1. The SMILES string of the molecule is CCOC(=O)N(C)C(C)c1ccncc1. The van der Waals surface area contributed by atoms with Crippen molar-refractivity contribution >= 4 is 6.09 Å². The summed E-state index contributed by atoms with van der Waals surface area (Å²) in [5, 5.41) is 0. The number of carbonyl (C=O) groups is 1. The van der Waals surface area contributed by atoms with Crippen molar-refractivity contribution in [2.75, 3.05) is 13.7 Å². The molecule has 0 aliphatic carbocycles. The number of hydrogen-bond donors (Lipinski definition) is 0. The molecule has 0 aliphatic rings. The summed E-state index contributed by atoms with van der Waals surface area (Å²) in [6, 6.07) is 3.77. The third-order valence-corrected chi connectivity index (χ3v) is 2.33. The molecule has 0 aliphatic heterocycles. The Kier molecular flexibility index (Phi) is 4.09. The van der Waals surface area contributed by atoms with E-state index in [-0.39, 0.29) is 12.1 Å². The van der Waals surface area contributed by atoms with Gasteiger partial charge in [0.2, 0.25) is 0 Å². The number of amides is 1. The maximum absolute atomic E-state index is 11.4. The van der Waals surface area contributed by atoms with Gasteiger partial charge in [-0.3, -0.25) is 4.98 Å². The molecule has 1 heterocycles. The Hall–Kier alpha value is -1.58. The van der Waals surface area contributed by atoms with Crippen LogP contribution in [0.1, 0.15) is 25.5 Å². The first-order valence-electron chi connectivity index (χ1n) is 4.96. The zero-order valence-corrected chi connectivity index (χ0v) is 9.30. The minimum atomic E-state index is -0.304. The lowest BCUT2D eigenvalue weighted by Gasteiger charge is -2.24. The second-order valence-electron chi connectivity index (χ2n) is 3.27. The van der Waals surface area contributed by atoms with Crippen LogP contribution in [0.2, 0.25) is 0 Å². The lowest BCUT2D eigenvalue weighted by Crippen LogP contribution is -2.30. The maximum atomic E-state index is 11.4. The molecule has 0 bridgehead atoms. The summed E-state index contributed by atoms with van der Waals surface area (Å²) in [5.41, 5.74) is 1.04. The standard InChI is InChI=1S/C11H16N2O2/c1-4-15-11(14)13(3)9(2)10-5-7-12-8-6-10/h5-9H,4H2,1-3H3. The summed E-state index contributed by atoms with van der Waals surface area (Å²) >= 11 is 0. The summed E-state index contributed by atoms with van der Waals surface area (Å²) in [5.74, 6) is 0. The summed E-state index contributed by atoms with van der Waals surface area (Å²) < 4.78 is 4.92. The highest BCUT2D eigenvalue weighted by Gasteiger charge is 2.17. The number of rotatable bonds is 3. The number of nitrogens with zero attached hydrogens (tertiary/aromatic N) is 2. The van der Waals surface area contributed by atoms with E-state index >= 15 is 0 Å². The Labute approximate surface area is 89.9 Å². The second kappa shape index (κ2) is 5.34. The minimum absolute atomic E-state index is 0.00736. The average Bonchev–Trinajstić information content (AvgIpc) is 2.28. The van der Waals surface area contributed by atoms with E-state index in [1.165, 1.54) is 0 Å². The monoisotopic (exact) mass is 208 g/mol. The van der Waals surface area contributed by atoms with Gasteiger partial charge in [-0.15, -0.1) is 0 Å². The van der Waals surface area contributed by atoms with Crippen molar-refractivity contribution in [3.63, 3.8) is 0 Å². The third-order valence-electron chi connectivity index (χ3n) is 2.33. The quantitative estimate of drug-likeness (QED) is 0.765. The highest BCUT2D eigenvalue weighted by Crippen LogP contribution is 2.17. The lowest BCUT2D eigenvalue weighted by molar-refractivity contribution is 0.104. The zero-order chi connectivity index (χ0) is 11.3. The van der Waals surface area contributed by atoms with Gasteiger partial charge in [0.15, 0.2) is 0 Å². The summed E-state index contributed by atoms with van der Waals surface area (Å²) in [7, 11) is 1.73. The molecule has 15 heavy (non-hydrogen) atoms. The first-order valence-corrected chi connectivity index (χ1v) is 4.96. The molecule has 0 N–H and O–H groups in total. The van der Waals surface area contributed by atoms with Crippen LogP contribution in [0, 0.1) is 0 Å². The van der Waals surface area contributed by atoms with Crippen LogP contribution < -0.4 is 0 Å². The highest BCUT2D eigenvalue weighted by atomic mass is 16.6. The van der Waals surface area contributed by atoms with Crippen LogP contribution in [-0.4, -0.2) is 29.6 Å². The fourth-order valence-corrected chi connectivity index (χ4v) is 1.25. The van der Waals surface area contributed by atoms with E-state index < -0.39 is 0 Å². The van der Waals surface area contributed by atoms with Crippen LogP contribution in [-0.2, 0) is 4.74 Å². The molecule has 1 amide bonds. The van der Waals surface area contributed by atoms with Gasteiger partial charge < -0.3 is 9.64 Å². The Morgan fingerprint density at radius 1 is 1.53 bits per heavy atom.